The Hall–Kier alpha value is -5.41. The largest absolute Gasteiger partial charge is 0.371 e. The van der Waals surface area contributed by atoms with Crippen LogP contribution in [0.15, 0.2) is 53.4 Å². The van der Waals surface area contributed by atoms with E-state index in [2.05, 4.69) is 59.5 Å². The number of nitrogens with zero attached hydrogens (tertiary/aromatic N) is 3. The second kappa shape index (κ2) is 15.5. The molecule has 1 unspecified atom stereocenters. The second-order valence-electron chi connectivity index (χ2n) is 16.3. The molecule has 2 fully saturated rings. The van der Waals surface area contributed by atoms with Gasteiger partial charge in [0.2, 0.25) is 17.7 Å². The van der Waals surface area contributed by atoms with Gasteiger partial charge in [-0.1, -0.05) is 39.3 Å². The zero-order valence-electron chi connectivity index (χ0n) is 32.8. The fraction of sp³-hybridized carbons (Fsp3) is 0.422. The molecule has 4 amide bonds. The first kappa shape index (κ1) is 38.5. The number of H-pyrrole nitrogens is 1. The number of unbranched alkanes of at least 4 members (excludes halogenated alkanes) is 2. The lowest BCUT2D eigenvalue weighted by Crippen LogP contribution is -2.52. The summed E-state index contributed by atoms with van der Waals surface area (Å²) < 4.78 is 0. The van der Waals surface area contributed by atoms with Crippen molar-refractivity contribution in [3.05, 3.63) is 93.2 Å². The Morgan fingerprint density at radius 1 is 1.00 bits per heavy atom. The summed E-state index contributed by atoms with van der Waals surface area (Å²) in [5.41, 5.74) is 8.14. The molecule has 0 spiro atoms. The van der Waals surface area contributed by atoms with Crippen molar-refractivity contribution in [2.75, 3.05) is 23.7 Å². The molecule has 4 aromatic rings. The maximum Gasteiger partial charge on any atom is 0.255 e. The molecule has 57 heavy (non-hydrogen) atoms. The molecule has 1 aromatic heterocycles. The number of nitriles is 1. The Kier molecular flexibility index (Phi) is 10.5. The lowest BCUT2D eigenvalue weighted by Gasteiger charge is -2.38. The van der Waals surface area contributed by atoms with Gasteiger partial charge in [0.15, 0.2) is 5.78 Å². The minimum atomic E-state index is -0.624. The number of fused-ring (bicyclic) bond motifs is 5. The summed E-state index contributed by atoms with van der Waals surface area (Å²) in [7, 11) is 0. The van der Waals surface area contributed by atoms with Crippen LogP contribution >= 0.6 is 11.8 Å². The van der Waals surface area contributed by atoms with Crippen LogP contribution in [-0.4, -0.2) is 70.2 Å². The zero-order chi connectivity index (χ0) is 40.0. The maximum absolute atomic E-state index is 14.1. The highest BCUT2D eigenvalue weighted by Gasteiger charge is 2.42. The Morgan fingerprint density at radius 3 is 2.56 bits per heavy atom. The molecule has 0 radical (unpaired) electrons. The number of hydrogen-bond donors (Lipinski definition) is 3. The number of imide groups is 1. The van der Waals surface area contributed by atoms with Crippen LogP contribution in [0.5, 0.6) is 0 Å². The van der Waals surface area contributed by atoms with E-state index in [4.69, 9.17) is 0 Å². The Balaban J connectivity index is 0.813. The Bertz CT molecular complexity index is 2370. The number of aryl methyl sites for hydroxylation is 1. The van der Waals surface area contributed by atoms with Crippen molar-refractivity contribution in [1.29, 1.82) is 5.26 Å². The standard InChI is InChI=1S/C45H48N6O5S/c1-4-27-22-31-33(45(2,3)42-40(41(31)54)30-13-12-26(24-46)21-34(30)48-42)23-36(27)50-18-16-28(17-19-50)47-38(52)11-6-5-7-20-57-37-10-8-9-29-32(37)25-51(44(29)56)35-14-15-39(53)49-43(35)55/h8-10,12-13,21-23,28,35,48H,4-7,11,14-20,25H2,1-3H3,(H,47,52)(H,49,53,55). The SMILES string of the molecule is CCc1cc2c(cc1N1CCC(NC(=O)CCCCCSc3cccc4c3CN(C3CCC(=O)NC3=O)C4=O)CC1)C(C)(C)c1[nH]c3cc(C#N)ccc3c1C2=O. The normalized spacial score (nSPS) is 18.9. The quantitative estimate of drug-likeness (QED) is 0.0866. The summed E-state index contributed by atoms with van der Waals surface area (Å²) in [6.07, 6.45) is 6.24. The Morgan fingerprint density at radius 2 is 1.81 bits per heavy atom. The molecule has 294 valence electrons. The van der Waals surface area contributed by atoms with Gasteiger partial charge in [-0.05, 0) is 97.4 Å². The monoisotopic (exact) mass is 784 g/mol. The van der Waals surface area contributed by atoms with Gasteiger partial charge in [-0.2, -0.15) is 5.26 Å². The van der Waals surface area contributed by atoms with Crippen LogP contribution in [-0.2, 0) is 32.8 Å². The van der Waals surface area contributed by atoms with Gasteiger partial charge in [0.1, 0.15) is 6.04 Å². The van der Waals surface area contributed by atoms with Crippen LogP contribution in [0.4, 0.5) is 5.69 Å². The molecule has 11 nitrogen and oxygen atoms in total. The second-order valence-corrected chi connectivity index (χ2v) is 17.4. The van der Waals surface area contributed by atoms with Gasteiger partial charge >= 0.3 is 0 Å². The third-order valence-corrected chi connectivity index (χ3v) is 13.5. The summed E-state index contributed by atoms with van der Waals surface area (Å²) in [5, 5.41) is 15.9. The van der Waals surface area contributed by atoms with Crippen LogP contribution in [0.3, 0.4) is 0 Å². The molecule has 3 aliphatic heterocycles. The number of benzene rings is 3. The average molecular weight is 785 g/mol. The smallest absolute Gasteiger partial charge is 0.255 e. The average Bonchev–Trinajstić information content (AvgIpc) is 3.77. The molecule has 1 aliphatic carbocycles. The number of ketones is 1. The molecule has 0 saturated carbocycles. The fourth-order valence-electron chi connectivity index (χ4n) is 9.16. The minimum Gasteiger partial charge on any atom is -0.371 e. The number of carbonyl (C=O) groups is 5. The molecular weight excluding hydrogens is 737 g/mol. The number of piperidine rings is 2. The van der Waals surface area contributed by atoms with Crippen molar-refractivity contribution in [3.8, 4) is 6.07 Å². The summed E-state index contributed by atoms with van der Waals surface area (Å²) in [5.74, 6) is 0.121. The van der Waals surface area contributed by atoms with E-state index in [0.717, 1.165) is 107 Å². The Labute approximate surface area is 336 Å². The van der Waals surface area contributed by atoms with E-state index in [1.807, 2.05) is 30.3 Å². The predicted molar refractivity (Wildman–Crippen MR) is 219 cm³/mol. The number of thioether (sulfide) groups is 1. The summed E-state index contributed by atoms with van der Waals surface area (Å²) in [6, 6.07) is 17.2. The van der Waals surface area contributed by atoms with Gasteiger partial charge in [-0.15, -0.1) is 11.8 Å². The maximum atomic E-state index is 14.1. The molecule has 4 heterocycles. The predicted octanol–water partition coefficient (Wildman–Crippen LogP) is 6.67. The van der Waals surface area contributed by atoms with E-state index in [0.29, 0.717) is 36.1 Å². The van der Waals surface area contributed by atoms with Crippen molar-refractivity contribution < 1.29 is 24.0 Å². The molecule has 2 saturated heterocycles. The van der Waals surface area contributed by atoms with Crippen LogP contribution in [0.1, 0.15) is 126 Å². The van der Waals surface area contributed by atoms with Crippen LogP contribution < -0.4 is 15.5 Å². The number of amides is 4. The fourth-order valence-corrected chi connectivity index (χ4v) is 10.3. The van der Waals surface area contributed by atoms with Crippen molar-refractivity contribution in [3.63, 3.8) is 0 Å². The third kappa shape index (κ3) is 7.11. The van der Waals surface area contributed by atoms with Gasteiger partial charge in [-0.3, -0.25) is 29.3 Å². The number of hydrogen-bond acceptors (Lipinski definition) is 8. The summed E-state index contributed by atoms with van der Waals surface area (Å²) >= 11 is 1.71. The van der Waals surface area contributed by atoms with Crippen LogP contribution in [0.2, 0.25) is 0 Å². The molecule has 3 aromatic carbocycles. The molecule has 3 N–H and O–H groups in total. The highest BCUT2D eigenvalue weighted by molar-refractivity contribution is 7.99. The van der Waals surface area contributed by atoms with E-state index in [-0.39, 0.29) is 36.0 Å². The lowest BCUT2D eigenvalue weighted by molar-refractivity contribution is -0.137. The molecule has 8 rings (SSSR count). The first-order chi connectivity index (χ1) is 27.5. The van der Waals surface area contributed by atoms with Gasteiger partial charge in [0.25, 0.3) is 5.91 Å². The molecule has 1 atom stereocenters. The van der Waals surface area contributed by atoms with E-state index in [1.165, 1.54) is 0 Å². The first-order valence-corrected chi connectivity index (χ1v) is 21.2. The highest BCUT2D eigenvalue weighted by Crippen LogP contribution is 2.46. The lowest BCUT2D eigenvalue weighted by atomic mass is 9.70. The number of anilines is 1. The first-order valence-electron chi connectivity index (χ1n) is 20.2. The summed E-state index contributed by atoms with van der Waals surface area (Å²) in [4.78, 5) is 72.8. The van der Waals surface area contributed by atoms with Crippen molar-refractivity contribution in [2.24, 2.45) is 0 Å². The van der Waals surface area contributed by atoms with Crippen LogP contribution in [0, 0.1) is 11.3 Å². The van der Waals surface area contributed by atoms with Gasteiger partial charge in [-0.25, -0.2) is 0 Å². The molecular formula is C45H48N6O5S. The molecule has 4 aliphatic rings. The van der Waals surface area contributed by atoms with Crippen molar-refractivity contribution in [2.45, 2.75) is 107 Å². The zero-order valence-corrected chi connectivity index (χ0v) is 33.6. The van der Waals surface area contributed by atoms with E-state index < -0.39 is 17.4 Å². The summed E-state index contributed by atoms with van der Waals surface area (Å²) in [6.45, 7) is 8.45. The van der Waals surface area contributed by atoms with E-state index >= 15 is 0 Å². The minimum absolute atomic E-state index is 0.0221. The van der Waals surface area contributed by atoms with E-state index in [1.54, 1.807) is 22.7 Å². The molecule has 12 heteroatoms. The number of rotatable bonds is 11. The number of carbonyl (C=O) groups excluding carboxylic acids is 5. The van der Waals surface area contributed by atoms with E-state index in [9.17, 15) is 29.2 Å². The van der Waals surface area contributed by atoms with Crippen molar-refractivity contribution in [1.82, 2.24) is 20.5 Å². The van der Waals surface area contributed by atoms with Crippen molar-refractivity contribution >= 4 is 57.8 Å². The van der Waals surface area contributed by atoms with Crippen LogP contribution in [0.25, 0.3) is 10.9 Å². The third-order valence-electron chi connectivity index (χ3n) is 12.3. The van der Waals surface area contributed by atoms with Gasteiger partial charge in [0, 0.05) is 82.2 Å². The number of aromatic nitrogens is 1. The van der Waals surface area contributed by atoms with Gasteiger partial charge < -0.3 is 20.1 Å². The van der Waals surface area contributed by atoms with Gasteiger partial charge in [0.05, 0.1) is 17.2 Å². The number of nitrogens with one attached hydrogen (secondary N) is 3. The number of aromatic amines is 1. The topological polar surface area (TPSA) is 155 Å². The molecule has 0 bridgehead atoms. The highest BCUT2D eigenvalue weighted by atomic mass is 32.2.